The van der Waals surface area contributed by atoms with Crippen LogP contribution in [0.25, 0.3) is 6.08 Å². The third-order valence-electron chi connectivity index (χ3n) is 3.38. The number of ether oxygens (including phenoxy) is 1. The van der Waals surface area contributed by atoms with E-state index in [9.17, 15) is 4.79 Å². The lowest BCUT2D eigenvalue weighted by Crippen LogP contribution is -1.97. The van der Waals surface area contributed by atoms with E-state index >= 15 is 0 Å². The molecule has 0 atom stereocenters. The first kappa shape index (κ1) is 16.9. The molecule has 1 aromatic carbocycles. The highest BCUT2D eigenvalue weighted by atomic mass is 16.5. The number of allylic oxidation sites excluding steroid dienone is 1. The Labute approximate surface area is 135 Å². The zero-order valence-electron chi connectivity index (χ0n) is 13.4. The summed E-state index contributed by atoms with van der Waals surface area (Å²) in [5.74, 6) is 1.40. The predicted octanol–water partition coefficient (Wildman–Crippen LogP) is 3.33. The molecule has 2 rings (SSSR count). The minimum atomic E-state index is 0.179. The van der Waals surface area contributed by atoms with Gasteiger partial charge in [-0.15, -0.1) is 10.2 Å². The summed E-state index contributed by atoms with van der Waals surface area (Å²) in [6.07, 6.45) is 8.60. The standard InChI is InChI=1S/C17H22N4O2/c1-2-3-4-5-6-15(22)10-7-14-8-11-16(12-9-14)23-13-17-18-20-21-19-17/h7-12H,2-6,13H2,1H3,(H,18,19,20,21). The maximum Gasteiger partial charge on any atom is 0.211 e. The highest BCUT2D eigenvalue weighted by Crippen LogP contribution is 2.14. The summed E-state index contributed by atoms with van der Waals surface area (Å²) >= 11 is 0. The minimum Gasteiger partial charge on any atom is -0.485 e. The molecule has 6 heteroatoms. The van der Waals surface area contributed by atoms with E-state index in [2.05, 4.69) is 27.5 Å². The van der Waals surface area contributed by atoms with Gasteiger partial charge in [0.15, 0.2) is 12.4 Å². The van der Waals surface area contributed by atoms with Crippen LogP contribution in [0.1, 0.15) is 50.4 Å². The number of nitrogens with zero attached hydrogens (tertiary/aromatic N) is 3. The molecule has 0 aliphatic heterocycles. The Morgan fingerprint density at radius 3 is 2.74 bits per heavy atom. The Morgan fingerprint density at radius 1 is 1.22 bits per heavy atom. The third kappa shape index (κ3) is 6.42. The van der Waals surface area contributed by atoms with E-state index in [1.165, 1.54) is 12.8 Å². The van der Waals surface area contributed by atoms with Crippen LogP contribution in [-0.2, 0) is 11.4 Å². The summed E-state index contributed by atoms with van der Waals surface area (Å²) in [6, 6.07) is 7.52. The number of hydrogen-bond acceptors (Lipinski definition) is 5. The Balaban J connectivity index is 1.75. The topological polar surface area (TPSA) is 80.8 Å². The van der Waals surface area contributed by atoms with E-state index in [1.54, 1.807) is 6.08 Å². The van der Waals surface area contributed by atoms with Crippen molar-refractivity contribution in [3.05, 3.63) is 41.7 Å². The van der Waals surface area contributed by atoms with E-state index < -0.39 is 0 Å². The van der Waals surface area contributed by atoms with Gasteiger partial charge in [0.25, 0.3) is 0 Å². The van der Waals surface area contributed by atoms with Crippen LogP contribution in [-0.4, -0.2) is 26.4 Å². The maximum atomic E-state index is 11.7. The first-order valence-corrected chi connectivity index (χ1v) is 7.94. The summed E-state index contributed by atoms with van der Waals surface area (Å²) in [6.45, 7) is 2.43. The van der Waals surface area contributed by atoms with Gasteiger partial charge in [0.1, 0.15) is 5.75 Å². The van der Waals surface area contributed by atoms with Crippen molar-refractivity contribution in [1.29, 1.82) is 0 Å². The normalized spacial score (nSPS) is 11.0. The van der Waals surface area contributed by atoms with Gasteiger partial charge in [-0.1, -0.05) is 49.6 Å². The predicted molar refractivity (Wildman–Crippen MR) is 87.8 cm³/mol. The van der Waals surface area contributed by atoms with Crippen LogP contribution < -0.4 is 4.74 Å². The molecule has 0 aliphatic carbocycles. The van der Waals surface area contributed by atoms with E-state index in [0.717, 1.165) is 24.2 Å². The lowest BCUT2D eigenvalue weighted by atomic mass is 10.1. The molecule has 0 amide bonds. The van der Waals surface area contributed by atoms with Gasteiger partial charge < -0.3 is 4.74 Å². The summed E-state index contributed by atoms with van der Waals surface area (Å²) in [5.41, 5.74) is 0.971. The van der Waals surface area contributed by atoms with Crippen LogP contribution in [0.4, 0.5) is 0 Å². The number of nitrogens with one attached hydrogen (secondary N) is 1. The van der Waals surface area contributed by atoms with Crippen LogP contribution >= 0.6 is 0 Å². The van der Waals surface area contributed by atoms with Gasteiger partial charge in [-0.3, -0.25) is 4.79 Å². The molecule has 23 heavy (non-hydrogen) atoms. The fraction of sp³-hybridized carbons (Fsp3) is 0.412. The van der Waals surface area contributed by atoms with Crippen molar-refractivity contribution in [2.45, 2.75) is 45.6 Å². The quantitative estimate of drug-likeness (QED) is 0.537. The highest BCUT2D eigenvalue weighted by molar-refractivity contribution is 5.93. The Hall–Kier alpha value is -2.50. The summed E-state index contributed by atoms with van der Waals surface area (Å²) in [4.78, 5) is 11.7. The van der Waals surface area contributed by atoms with Crippen LogP contribution in [0.15, 0.2) is 30.3 Å². The second kappa shape index (κ2) is 9.50. The Morgan fingerprint density at radius 2 is 2.04 bits per heavy atom. The number of carbonyl (C=O) groups is 1. The maximum absolute atomic E-state index is 11.7. The molecule has 0 saturated carbocycles. The Bertz CT molecular complexity index is 606. The van der Waals surface area contributed by atoms with Crippen molar-refractivity contribution >= 4 is 11.9 Å². The number of ketones is 1. The zero-order chi connectivity index (χ0) is 16.3. The second-order valence-corrected chi connectivity index (χ2v) is 5.30. The molecule has 1 aromatic heterocycles. The van der Waals surface area contributed by atoms with Gasteiger partial charge >= 0.3 is 0 Å². The molecule has 0 bridgehead atoms. The molecule has 1 N–H and O–H groups in total. The number of aromatic amines is 1. The second-order valence-electron chi connectivity index (χ2n) is 5.30. The van der Waals surface area contributed by atoms with Crippen LogP contribution in [0.3, 0.4) is 0 Å². The molecular weight excluding hydrogens is 292 g/mol. The van der Waals surface area contributed by atoms with Crippen molar-refractivity contribution in [2.75, 3.05) is 0 Å². The number of tetrazole rings is 1. The highest BCUT2D eigenvalue weighted by Gasteiger charge is 2.00. The molecular formula is C17H22N4O2. The SMILES string of the molecule is CCCCCCC(=O)C=Cc1ccc(OCc2nn[nH]n2)cc1. The summed E-state index contributed by atoms with van der Waals surface area (Å²) in [7, 11) is 0. The molecule has 2 aromatic rings. The van der Waals surface area contributed by atoms with Gasteiger partial charge in [-0.05, 0) is 30.2 Å². The van der Waals surface area contributed by atoms with E-state index in [4.69, 9.17) is 4.74 Å². The fourth-order valence-electron chi connectivity index (χ4n) is 2.07. The van der Waals surface area contributed by atoms with Crippen molar-refractivity contribution in [3.8, 4) is 5.75 Å². The van der Waals surface area contributed by atoms with Crippen LogP contribution in [0.5, 0.6) is 5.75 Å². The smallest absolute Gasteiger partial charge is 0.211 e. The van der Waals surface area contributed by atoms with E-state index in [0.29, 0.717) is 12.2 Å². The molecule has 0 fully saturated rings. The minimum absolute atomic E-state index is 0.179. The largest absolute Gasteiger partial charge is 0.485 e. The average Bonchev–Trinajstić information content (AvgIpc) is 3.09. The molecule has 0 saturated heterocycles. The lowest BCUT2D eigenvalue weighted by Gasteiger charge is -2.03. The average molecular weight is 314 g/mol. The van der Waals surface area contributed by atoms with Crippen molar-refractivity contribution in [2.24, 2.45) is 0 Å². The molecule has 0 radical (unpaired) electrons. The number of hydrogen-bond donors (Lipinski definition) is 1. The number of aromatic nitrogens is 4. The number of H-pyrrole nitrogens is 1. The number of rotatable bonds is 10. The van der Waals surface area contributed by atoms with Gasteiger partial charge in [0.2, 0.25) is 5.82 Å². The molecule has 122 valence electrons. The van der Waals surface area contributed by atoms with Gasteiger partial charge in [-0.2, -0.15) is 5.21 Å². The molecule has 0 unspecified atom stereocenters. The number of benzene rings is 1. The third-order valence-corrected chi connectivity index (χ3v) is 3.38. The molecule has 0 spiro atoms. The van der Waals surface area contributed by atoms with Gasteiger partial charge in [-0.25, -0.2) is 0 Å². The summed E-state index contributed by atoms with van der Waals surface area (Å²) in [5, 5.41) is 13.5. The molecule has 6 nitrogen and oxygen atoms in total. The van der Waals surface area contributed by atoms with Crippen LogP contribution in [0, 0.1) is 0 Å². The van der Waals surface area contributed by atoms with E-state index in [1.807, 2.05) is 30.3 Å². The fourth-order valence-corrected chi connectivity index (χ4v) is 2.07. The van der Waals surface area contributed by atoms with Crippen LogP contribution in [0.2, 0.25) is 0 Å². The zero-order valence-corrected chi connectivity index (χ0v) is 13.4. The van der Waals surface area contributed by atoms with Gasteiger partial charge in [0.05, 0.1) is 0 Å². The molecule has 0 aliphatic rings. The van der Waals surface area contributed by atoms with Crippen molar-refractivity contribution in [3.63, 3.8) is 0 Å². The summed E-state index contributed by atoms with van der Waals surface area (Å²) < 4.78 is 5.53. The van der Waals surface area contributed by atoms with E-state index in [-0.39, 0.29) is 12.4 Å². The lowest BCUT2D eigenvalue weighted by molar-refractivity contribution is -0.114. The first-order chi connectivity index (χ1) is 11.3. The first-order valence-electron chi connectivity index (χ1n) is 7.94. The Kier molecular flexibility index (Phi) is 6.97. The van der Waals surface area contributed by atoms with Crippen molar-refractivity contribution < 1.29 is 9.53 Å². The number of unbranched alkanes of at least 4 members (excludes halogenated alkanes) is 3. The van der Waals surface area contributed by atoms with Crippen molar-refractivity contribution in [1.82, 2.24) is 20.6 Å². The number of carbonyl (C=O) groups excluding carboxylic acids is 1. The van der Waals surface area contributed by atoms with Gasteiger partial charge in [0, 0.05) is 6.42 Å². The molecule has 1 heterocycles. The monoisotopic (exact) mass is 314 g/mol.